The fourth-order valence-corrected chi connectivity index (χ4v) is 6.76. The molecule has 0 aliphatic rings. The molecule has 6 aromatic rings. The van der Waals surface area contributed by atoms with Gasteiger partial charge in [0.1, 0.15) is 52.7 Å². The van der Waals surface area contributed by atoms with Crippen LogP contribution < -0.4 is 26.4 Å². The van der Waals surface area contributed by atoms with Crippen molar-refractivity contribution in [2.75, 3.05) is 6.54 Å². The third-order valence-electron chi connectivity index (χ3n) is 9.57. The van der Waals surface area contributed by atoms with Crippen LogP contribution in [-0.2, 0) is 13.0 Å². The highest BCUT2D eigenvalue weighted by molar-refractivity contribution is 7.20. The van der Waals surface area contributed by atoms with Gasteiger partial charge in [-0.05, 0) is 5.53 Å². The molecule has 0 aliphatic heterocycles. The van der Waals surface area contributed by atoms with Gasteiger partial charge in [-0.15, -0.1) is 21.9 Å². The lowest BCUT2D eigenvalue weighted by atomic mass is 9.12. The monoisotopic (exact) mass is 945 g/mol. The highest BCUT2D eigenvalue weighted by Crippen LogP contribution is 2.30. The lowest BCUT2D eigenvalue weighted by Crippen LogP contribution is -2.81. The average Bonchev–Trinajstić information content (AvgIpc) is 3.29. The Morgan fingerprint density at radius 3 is 1.12 bits per heavy atom. The van der Waals surface area contributed by atoms with E-state index in [1.165, 1.54) is 5.56 Å². The van der Waals surface area contributed by atoms with Crippen molar-refractivity contribution in [2.45, 2.75) is 13.0 Å². The van der Waals surface area contributed by atoms with Crippen molar-refractivity contribution in [3.05, 3.63) is 199 Å². The first-order chi connectivity index (χ1) is 30.6. The highest BCUT2D eigenvalue weighted by atomic mass is 19.2. The molecule has 65 heavy (non-hydrogen) atoms. The number of aromatic nitrogens is 2. The molecule has 0 N–H and O–H groups in total. The summed E-state index contributed by atoms with van der Waals surface area (Å²) in [5.74, 6) is -71.4. The summed E-state index contributed by atoms with van der Waals surface area (Å²) in [5, 5.41) is 3.46. The molecule has 1 heterocycles. The molecule has 340 valence electrons. The minimum Gasteiger partial charge on any atom is -0.252 e. The van der Waals surface area contributed by atoms with Gasteiger partial charge in [-0.1, -0.05) is 47.6 Å². The number of nitrogens with zero attached hydrogens (tertiary/aromatic N) is 5. The van der Waals surface area contributed by atoms with Crippen LogP contribution in [-0.4, -0.2) is 17.7 Å². The van der Waals surface area contributed by atoms with E-state index in [1.54, 1.807) is 6.20 Å². The van der Waals surface area contributed by atoms with E-state index in [0.29, 0.717) is 6.54 Å². The van der Waals surface area contributed by atoms with Crippen LogP contribution in [0.1, 0.15) is 11.3 Å². The van der Waals surface area contributed by atoms with Crippen LogP contribution in [0.3, 0.4) is 0 Å². The van der Waals surface area contributed by atoms with E-state index in [1.807, 2.05) is 42.7 Å². The molecule has 5 nitrogen and oxygen atoms in total. The van der Waals surface area contributed by atoms with E-state index in [9.17, 15) is 52.7 Å². The molecule has 0 aliphatic carbocycles. The van der Waals surface area contributed by atoms with Crippen molar-refractivity contribution >= 4 is 28.0 Å². The van der Waals surface area contributed by atoms with Gasteiger partial charge >= 0.3 is 0 Å². The summed E-state index contributed by atoms with van der Waals surface area (Å²) in [4.78, 5) is 6.88. The second-order valence-electron chi connectivity index (χ2n) is 13.1. The maximum atomic E-state index is 15.4. The lowest BCUT2D eigenvalue weighted by Gasteiger charge is -2.44. The lowest BCUT2D eigenvalue weighted by molar-refractivity contribution is -0.695. The van der Waals surface area contributed by atoms with Gasteiger partial charge < -0.3 is 0 Å². The number of benzene rings is 5. The van der Waals surface area contributed by atoms with Crippen molar-refractivity contribution in [2.24, 2.45) is 5.11 Å². The largest absolute Gasteiger partial charge is 0.252 e. The summed E-state index contributed by atoms with van der Waals surface area (Å²) >= 11 is 0. The van der Waals surface area contributed by atoms with Gasteiger partial charge in [0, 0.05) is 17.0 Å². The van der Waals surface area contributed by atoms with Gasteiger partial charge in [-0.2, -0.15) is 4.57 Å². The molecule has 5 aromatic carbocycles. The van der Waals surface area contributed by atoms with Crippen molar-refractivity contribution in [1.29, 1.82) is 0 Å². The van der Waals surface area contributed by atoms with Gasteiger partial charge in [0.05, 0.1) is 18.8 Å². The Balaban J connectivity index is 0.000000330. The first-order valence-corrected chi connectivity index (χ1v) is 17.4. The van der Waals surface area contributed by atoms with Crippen LogP contribution in [0.4, 0.5) is 87.8 Å². The molecular formula is C39H16BF20N5. The van der Waals surface area contributed by atoms with Gasteiger partial charge in [-0.25, -0.2) is 87.8 Å². The minimum absolute atomic E-state index is 0.384. The number of halogens is 20. The van der Waals surface area contributed by atoms with Crippen LogP contribution in [0.15, 0.2) is 66.2 Å². The Hall–Kier alpha value is -7.11. The van der Waals surface area contributed by atoms with E-state index >= 15 is 35.1 Å². The second-order valence-corrected chi connectivity index (χ2v) is 13.1. The van der Waals surface area contributed by atoms with Crippen LogP contribution in [0.2, 0.25) is 0 Å². The van der Waals surface area contributed by atoms with E-state index in [4.69, 9.17) is 5.53 Å². The summed E-state index contributed by atoms with van der Waals surface area (Å²) in [6.45, 7) is 1.21. The molecule has 0 saturated carbocycles. The zero-order valence-corrected chi connectivity index (χ0v) is 31.3. The van der Waals surface area contributed by atoms with Gasteiger partial charge in [0.2, 0.25) is 5.69 Å². The molecule has 0 amide bonds. The summed E-state index contributed by atoms with van der Waals surface area (Å²) in [6.07, 6.45) is 3.03. The molecular weight excluding hydrogens is 929 g/mol. The molecule has 0 fully saturated rings. The quantitative estimate of drug-likeness (QED) is 0.0156. The third-order valence-corrected chi connectivity index (χ3v) is 9.57. The normalized spacial score (nSPS) is 11.5. The maximum Gasteiger partial charge on any atom is 0.203 e. The smallest absolute Gasteiger partial charge is 0.203 e. The molecule has 0 spiro atoms. The number of azide groups is 1. The van der Waals surface area contributed by atoms with Crippen LogP contribution in [0.5, 0.6) is 0 Å². The van der Waals surface area contributed by atoms with Crippen molar-refractivity contribution < 1.29 is 92.4 Å². The Morgan fingerprint density at radius 2 is 0.800 bits per heavy atom. The van der Waals surface area contributed by atoms with Gasteiger partial charge in [0.25, 0.3) is 0 Å². The first kappa shape index (κ1) is 48.9. The predicted molar refractivity (Wildman–Crippen MR) is 186 cm³/mol. The van der Waals surface area contributed by atoms with Crippen molar-refractivity contribution in [3.8, 4) is 0 Å². The molecule has 6 rings (SSSR count). The van der Waals surface area contributed by atoms with E-state index < -0.39 is 144 Å². The van der Waals surface area contributed by atoms with Crippen molar-refractivity contribution in [3.63, 3.8) is 0 Å². The first-order valence-electron chi connectivity index (χ1n) is 17.4. The van der Waals surface area contributed by atoms with E-state index in [0.717, 1.165) is 18.7 Å². The van der Waals surface area contributed by atoms with Crippen LogP contribution in [0.25, 0.3) is 10.4 Å². The topological polar surface area (TPSA) is 65.5 Å². The van der Waals surface area contributed by atoms with Gasteiger partial charge in [-0.3, -0.25) is 4.98 Å². The Bertz CT molecular complexity index is 2550. The number of allylic oxidation sites excluding steroid dienone is 1. The zero-order chi connectivity index (χ0) is 48.4. The van der Waals surface area contributed by atoms with Gasteiger partial charge in [0.15, 0.2) is 82.5 Å². The average molecular weight is 945 g/mol. The Labute approximate surface area is 349 Å². The predicted octanol–water partition coefficient (Wildman–Crippen LogP) is 8.67. The maximum absolute atomic E-state index is 15.4. The molecule has 0 radical (unpaired) electrons. The van der Waals surface area contributed by atoms with Crippen LogP contribution in [0, 0.1) is 116 Å². The summed E-state index contributed by atoms with van der Waals surface area (Å²) < 4.78 is 296. The molecule has 0 bridgehead atoms. The van der Waals surface area contributed by atoms with Crippen LogP contribution >= 0.6 is 0 Å². The number of rotatable bonds is 10. The number of hydrogen-bond acceptors (Lipinski definition) is 2. The summed E-state index contributed by atoms with van der Waals surface area (Å²) in [5.41, 5.74) is -3.76. The number of hydrogen-bond donors (Lipinski definition) is 0. The van der Waals surface area contributed by atoms with E-state index in [2.05, 4.69) is 31.7 Å². The molecule has 0 saturated heterocycles. The molecule has 0 atom stereocenters. The molecule has 1 aromatic heterocycles. The fourth-order valence-electron chi connectivity index (χ4n) is 6.76. The minimum atomic E-state index is -7.22. The van der Waals surface area contributed by atoms with Crippen molar-refractivity contribution in [1.82, 2.24) is 4.98 Å². The SMILES string of the molecule is Fc1c(F)c(F)c([B-](c2c(F)c(F)c(F)c(F)c2F)(c2c(F)c(F)c(F)c(F)c2F)c2c(F)c(F)c(F)c(F)c2F)c(F)c1F.[N-]=[N+]=NCC=CCc1cncc[n+]1Cc1ccccc1. The highest BCUT2D eigenvalue weighted by Gasteiger charge is 2.52. The summed E-state index contributed by atoms with van der Waals surface area (Å²) in [7, 11) is 0. The second kappa shape index (κ2) is 19.3. The fraction of sp³-hybridized carbons (Fsp3) is 0.0769. The molecule has 0 unspecified atom stereocenters. The Kier molecular flexibility index (Phi) is 14.5. The zero-order valence-electron chi connectivity index (χ0n) is 31.3. The summed E-state index contributed by atoms with van der Waals surface area (Å²) in [6, 6.07) is 10.3. The Morgan fingerprint density at radius 1 is 0.477 bits per heavy atom. The molecule has 26 heteroatoms. The standard InChI is InChI=1S/C24BF20.C15H16N5/c26-5-1(6(27)14(35)21(42)13(5)34)25(2-7(28)15(36)22(43)16(37)8(2)29,3-9(30)17(38)23(44)18(39)10(3)31)4-11(32)19(40)24(45)20(41)12(4)33;16-19-18-9-5-4-8-15-12-17-10-11-20(15)13-14-6-2-1-3-7-14/h;1-7,10-12H,8-9,13H2/q-1;+1. The third kappa shape index (κ3) is 8.40. The van der Waals surface area contributed by atoms with E-state index in [-0.39, 0.29) is 0 Å².